The van der Waals surface area contributed by atoms with Crippen molar-refractivity contribution in [1.29, 1.82) is 0 Å². The third-order valence-corrected chi connectivity index (χ3v) is 3.73. The summed E-state index contributed by atoms with van der Waals surface area (Å²) in [5.74, 6) is -1.42. The molecule has 146 valence electrons. The maximum atomic E-state index is 13.5. The summed E-state index contributed by atoms with van der Waals surface area (Å²) >= 11 is 0. The molecule has 2 rings (SSSR count). The predicted octanol–water partition coefficient (Wildman–Crippen LogP) is 4.25. The number of hydrogen-bond acceptors (Lipinski definition) is 4. The van der Waals surface area contributed by atoms with Crippen molar-refractivity contribution in [3.05, 3.63) is 71.6 Å². The average Bonchev–Trinajstić information content (AvgIpc) is 2.65. The van der Waals surface area contributed by atoms with E-state index in [0.29, 0.717) is 17.7 Å². The van der Waals surface area contributed by atoms with Crippen LogP contribution in [0.25, 0.3) is 6.08 Å². The maximum Gasteiger partial charge on any atom is 0.331 e. The minimum Gasteiger partial charge on any atom is -0.454 e. The lowest BCUT2D eigenvalue weighted by Crippen LogP contribution is -2.14. The number of anilines is 1. The van der Waals surface area contributed by atoms with Gasteiger partial charge >= 0.3 is 5.97 Å². The topological polar surface area (TPSA) is 72.5 Å². The highest BCUT2D eigenvalue weighted by molar-refractivity contribution is 5.99. The van der Waals surface area contributed by atoms with Crippen molar-refractivity contribution in [1.82, 2.24) is 0 Å². The molecule has 0 radical (unpaired) electrons. The number of esters is 1. The largest absolute Gasteiger partial charge is 0.454 e. The van der Waals surface area contributed by atoms with Crippen LogP contribution < -0.4 is 5.32 Å². The van der Waals surface area contributed by atoms with Gasteiger partial charge in [-0.2, -0.15) is 0 Å². The zero-order valence-electron chi connectivity index (χ0n) is 15.8. The van der Waals surface area contributed by atoms with E-state index in [9.17, 15) is 18.8 Å². The fraction of sp³-hybridized carbons (Fsp3) is 0.227. The van der Waals surface area contributed by atoms with E-state index >= 15 is 0 Å². The molecule has 1 amide bonds. The normalized spacial score (nSPS) is 10.9. The zero-order chi connectivity index (χ0) is 20.5. The molecule has 28 heavy (non-hydrogen) atoms. The van der Waals surface area contributed by atoms with Gasteiger partial charge in [0.2, 0.25) is 5.91 Å². The van der Waals surface area contributed by atoms with Crippen molar-refractivity contribution in [2.24, 2.45) is 5.92 Å². The molecule has 5 nitrogen and oxygen atoms in total. The van der Waals surface area contributed by atoms with Crippen molar-refractivity contribution < 1.29 is 23.5 Å². The van der Waals surface area contributed by atoms with E-state index < -0.39 is 18.4 Å². The van der Waals surface area contributed by atoms with Crippen LogP contribution in [0.15, 0.2) is 54.6 Å². The summed E-state index contributed by atoms with van der Waals surface area (Å²) in [5.41, 5.74) is 1.20. The average molecular weight is 383 g/mol. The summed E-state index contributed by atoms with van der Waals surface area (Å²) in [6.07, 6.45) is 2.77. The molecule has 0 heterocycles. The van der Waals surface area contributed by atoms with Gasteiger partial charge in [-0.3, -0.25) is 9.59 Å². The maximum absolute atomic E-state index is 13.5. The lowest BCUT2D eigenvalue weighted by atomic mass is 10.1. The number of halogens is 1. The third-order valence-electron chi connectivity index (χ3n) is 3.73. The molecule has 0 aliphatic carbocycles. The summed E-state index contributed by atoms with van der Waals surface area (Å²) in [5, 5.41) is 2.75. The first-order chi connectivity index (χ1) is 13.3. The number of carbonyl (C=O) groups is 3. The van der Waals surface area contributed by atoms with Crippen molar-refractivity contribution in [3.63, 3.8) is 0 Å². The van der Waals surface area contributed by atoms with Crippen molar-refractivity contribution in [3.8, 4) is 0 Å². The lowest BCUT2D eigenvalue weighted by molar-refractivity contribution is -0.136. The van der Waals surface area contributed by atoms with Gasteiger partial charge in [0.05, 0.1) is 0 Å². The van der Waals surface area contributed by atoms with E-state index in [2.05, 4.69) is 5.32 Å². The number of rotatable bonds is 8. The zero-order valence-corrected chi connectivity index (χ0v) is 15.8. The second kappa shape index (κ2) is 10.2. The van der Waals surface area contributed by atoms with Crippen LogP contribution in [-0.2, 0) is 14.3 Å². The van der Waals surface area contributed by atoms with E-state index in [1.54, 1.807) is 36.4 Å². The highest BCUT2D eigenvalue weighted by Gasteiger charge is 2.10. The first-order valence-electron chi connectivity index (χ1n) is 8.87. The first kappa shape index (κ1) is 21.0. The molecule has 0 aliphatic heterocycles. The Hall–Kier alpha value is -3.28. The Morgan fingerprint density at radius 1 is 1.07 bits per heavy atom. The van der Waals surface area contributed by atoms with E-state index in [1.165, 1.54) is 18.2 Å². The van der Waals surface area contributed by atoms with Gasteiger partial charge in [-0.25, -0.2) is 9.18 Å². The van der Waals surface area contributed by atoms with E-state index in [4.69, 9.17) is 4.74 Å². The van der Waals surface area contributed by atoms with Gasteiger partial charge in [-0.05, 0) is 42.3 Å². The number of Topliss-reactive ketones (excluding diaryl/α,β-unsaturated/α-hetero) is 1. The number of amides is 1. The van der Waals surface area contributed by atoms with Crippen LogP contribution in [0, 0.1) is 11.7 Å². The third kappa shape index (κ3) is 6.79. The van der Waals surface area contributed by atoms with E-state index in [0.717, 1.165) is 6.08 Å². The minimum atomic E-state index is -0.742. The van der Waals surface area contributed by atoms with Gasteiger partial charge in [0.15, 0.2) is 12.4 Å². The number of hydrogen-bond donors (Lipinski definition) is 1. The summed E-state index contributed by atoms with van der Waals surface area (Å²) < 4.78 is 18.4. The number of benzene rings is 2. The van der Waals surface area contributed by atoms with E-state index in [1.807, 2.05) is 13.8 Å². The highest BCUT2D eigenvalue weighted by atomic mass is 19.1. The summed E-state index contributed by atoms with van der Waals surface area (Å²) in [6.45, 7) is 3.47. The minimum absolute atomic E-state index is 0.0929. The summed E-state index contributed by atoms with van der Waals surface area (Å²) in [7, 11) is 0. The Morgan fingerprint density at radius 3 is 2.39 bits per heavy atom. The van der Waals surface area contributed by atoms with Gasteiger partial charge in [0, 0.05) is 29.3 Å². The molecular weight excluding hydrogens is 361 g/mol. The number of carbonyl (C=O) groups excluding carboxylic acids is 3. The Labute approximate surface area is 163 Å². The SMILES string of the molecule is CC(C)CC(=O)Nc1ccc(C(=O)COC(=O)/C=C/c2ccccc2F)cc1. The van der Waals surface area contributed by atoms with E-state index in [-0.39, 0.29) is 23.2 Å². The van der Waals surface area contributed by atoms with Crippen LogP contribution in [0.1, 0.15) is 36.2 Å². The van der Waals surface area contributed by atoms with Crippen LogP contribution in [0.4, 0.5) is 10.1 Å². The molecule has 2 aromatic carbocycles. The quantitative estimate of drug-likeness (QED) is 0.420. The predicted molar refractivity (Wildman–Crippen MR) is 105 cm³/mol. The van der Waals surface area contributed by atoms with Crippen molar-refractivity contribution in [2.75, 3.05) is 11.9 Å². The monoisotopic (exact) mass is 383 g/mol. The summed E-state index contributed by atoms with van der Waals surface area (Å²) in [4.78, 5) is 35.5. The molecular formula is C22H22FNO4. The standard InChI is InChI=1S/C22H22FNO4/c1-15(2)13-21(26)24-18-10-7-17(8-11-18)20(25)14-28-22(27)12-9-16-5-3-4-6-19(16)23/h3-12,15H,13-14H2,1-2H3,(H,24,26)/b12-9+. The smallest absolute Gasteiger partial charge is 0.331 e. The highest BCUT2D eigenvalue weighted by Crippen LogP contribution is 2.12. The molecule has 0 fully saturated rings. The Kier molecular flexibility index (Phi) is 7.63. The fourth-order valence-electron chi connectivity index (χ4n) is 2.36. The van der Waals surface area contributed by atoms with Crippen molar-refractivity contribution >= 4 is 29.4 Å². The van der Waals surface area contributed by atoms with Crippen LogP contribution in [0.5, 0.6) is 0 Å². The van der Waals surface area contributed by atoms with Gasteiger partial charge < -0.3 is 10.1 Å². The molecule has 0 saturated heterocycles. The van der Waals surface area contributed by atoms with Crippen LogP contribution >= 0.6 is 0 Å². The molecule has 2 aromatic rings. The van der Waals surface area contributed by atoms with Crippen LogP contribution in [0.2, 0.25) is 0 Å². The van der Waals surface area contributed by atoms with Gasteiger partial charge in [0.25, 0.3) is 0 Å². The van der Waals surface area contributed by atoms with Crippen LogP contribution in [0.3, 0.4) is 0 Å². The summed E-state index contributed by atoms with van der Waals surface area (Å²) in [6, 6.07) is 12.3. The Morgan fingerprint density at radius 2 is 1.75 bits per heavy atom. The Balaban J connectivity index is 1.85. The van der Waals surface area contributed by atoms with Crippen molar-refractivity contribution in [2.45, 2.75) is 20.3 Å². The van der Waals surface area contributed by atoms with Gasteiger partial charge in [-0.15, -0.1) is 0 Å². The second-order valence-corrected chi connectivity index (χ2v) is 6.61. The first-order valence-corrected chi connectivity index (χ1v) is 8.87. The Bertz CT molecular complexity index is 872. The molecule has 0 bridgehead atoms. The molecule has 0 saturated carbocycles. The number of ketones is 1. The molecule has 6 heteroatoms. The van der Waals surface area contributed by atoms with Gasteiger partial charge in [0.1, 0.15) is 5.82 Å². The molecule has 0 aliphatic rings. The molecule has 0 aromatic heterocycles. The molecule has 0 unspecified atom stereocenters. The number of nitrogens with one attached hydrogen (secondary N) is 1. The fourth-order valence-corrected chi connectivity index (χ4v) is 2.36. The molecule has 0 atom stereocenters. The van der Waals surface area contributed by atoms with Crippen LogP contribution in [-0.4, -0.2) is 24.3 Å². The lowest BCUT2D eigenvalue weighted by Gasteiger charge is -2.08. The van der Waals surface area contributed by atoms with Gasteiger partial charge in [-0.1, -0.05) is 32.0 Å². The molecule has 0 spiro atoms. The number of ether oxygens (including phenoxy) is 1. The second-order valence-electron chi connectivity index (χ2n) is 6.61. The molecule has 1 N–H and O–H groups in total.